The lowest BCUT2D eigenvalue weighted by Crippen LogP contribution is -1.85. The van der Waals surface area contributed by atoms with Gasteiger partial charge >= 0.3 is 0 Å². The summed E-state index contributed by atoms with van der Waals surface area (Å²) in [5.41, 5.74) is 2.08. The summed E-state index contributed by atoms with van der Waals surface area (Å²) < 4.78 is 5.19. The van der Waals surface area contributed by atoms with Crippen molar-refractivity contribution in [3.05, 3.63) is 41.5 Å². The number of aryl methyl sites for hydroxylation is 1. The molecule has 0 spiro atoms. The van der Waals surface area contributed by atoms with E-state index in [4.69, 9.17) is 9.49 Å². The lowest BCUT2D eigenvalue weighted by molar-refractivity contribution is 0.718. The van der Waals surface area contributed by atoms with E-state index in [9.17, 15) is 0 Å². The summed E-state index contributed by atoms with van der Waals surface area (Å²) in [5, 5.41) is 2.26. The molecule has 0 bridgehead atoms. The predicted octanol–water partition coefficient (Wildman–Crippen LogP) is 3.86. The first-order valence-corrected chi connectivity index (χ1v) is 5.43. The molecule has 15 heavy (non-hydrogen) atoms. The third-order valence-corrected chi connectivity index (χ3v) is 2.90. The van der Waals surface area contributed by atoms with Crippen molar-refractivity contribution >= 4 is 33.8 Å². The quantitative estimate of drug-likeness (QED) is 0.574. The van der Waals surface area contributed by atoms with Gasteiger partial charge in [-0.05, 0) is 36.1 Å². The molecule has 0 saturated carbocycles. The van der Waals surface area contributed by atoms with Gasteiger partial charge in [-0.25, -0.2) is 0 Å². The summed E-state index contributed by atoms with van der Waals surface area (Å²) in [6, 6.07) is 9.96. The predicted molar refractivity (Wildman–Crippen MR) is 71.3 cm³/mol. The molecule has 0 aliphatic rings. The van der Waals surface area contributed by atoms with Crippen LogP contribution in [0.1, 0.15) is 11.1 Å². The van der Waals surface area contributed by atoms with Gasteiger partial charge in [-0.3, -0.25) is 0 Å². The maximum absolute atomic E-state index is 5.47. The first-order valence-electron chi connectivity index (χ1n) is 4.55. The van der Waals surface area contributed by atoms with E-state index in [1.807, 2.05) is 60.3 Å². The normalized spacial score (nSPS) is 9.93. The number of rotatable bonds is 1. The average Bonchev–Trinajstić information content (AvgIpc) is 2.27. The van der Waals surface area contributed by atoms with Gasteiger partial charge in [0, 0.05) is 10.9 Å². The number of benzene rings is 2. The summed E-state index contributed by atoms with van der Waals surface area (Å²) in [5.74, 6) is 3.56. The summed E-state index contributed by atoms with van der Waals surface area (Å²) in [6.45, 7) is 2.04. The molecule has 2 aromatic carbocycles. The molecule has 0 saturated heterocycles. The van der Waals surface area contributed by atoms with Crippen molar-refractivity contribution in [2.45, 2.75) is 6.92 Å². The van der Waals surface area contributed by atoms with E-state index in [0.717, 1.165) is 27.6 Å². The molecule has 0 fully saturated rings. The van der Waals surface area contributed by atoms with Crippen molar-refractivity contribution < 1.29 is 3.07 Å². The monoisotopic (exact) mass is 308 g/mol. The number of hydrogen-bond acceptors (Lipinski definition) is 1. The Morgan fingerprint density at radius 2 is 2.13 bits per heavy atom. The van der Waals surface area contributed by atoms with E-state index in [-0.39, 0.29) is 0 Å². The molecule has 2 heteroatoms. The molecule has 0 atom stereocenters. The van der Waals surface area contributed by atoms with Crippen LogP contribution in [0.4, 0.5) is 0 Å². The molecule has 0 aliphatic carbocycles. The van der Waals surface area contributed by atoms with Crippen LogP contribution in [0.2, 0.25) is 0 Å². The van der Waals surface area contributed by atoms with Crippen molar-refractivity contribution in [1.82, 2.24) is 0 Å². The van der Waals surface area contributed by atoms with Crippen LogP contribution < -0.4 is 3.07 Å². The molecular weight excluding hydrogens is 299 g/mol. The maximum Gasteiger partial charge on any atom is 0.192 e. The van der Waals surface area contributed by atoms with Crippen LogP contribution in [0.15, 0.2) is 30.3 Å². The van der Waals surface area contributed by atoms with Crippen LogP contribution >= 0.6 is 23.0 Å². The summed E-state index contributed by atoms with van der Waals surface area (Å²) in [4.78, 5) is 0. The van der Waals surface area contributed by atoms with Crippen LogP contribution in [0.5, 0.6) is 5.75 Å². The minimum Gasteiger partial charge on any atom is -0.428 e. The van der Waals surface area contributed by atoms with Crippen molar-refractivity contribution in [2.75, 3.05) is 0 Å². The van der Waals surface area contributed by atoms with Crippen LogP contribution in [0.3, 0.4) is 0 Å². The molecule has 0 amide bonds. The molecule has 0 aliphatic heterocycles. The first kappa shape index (κ1) is 10.3. The lowest BCUT2D eigenvalue weighted by Gasteiger charge is -2.06. The Morgan fingerprint density at radius 3 is 2.80 bits per heavy atom. The molecule has 2 rings (SSSR count). The highest BCUT2D eigenvalue weighted by Gasteiger charge is 2.04. The maximum atomic E-state index is 5.47. The molecule has 0 N–H and O–H groups in total. The van der Waals surface area contributed by atoms with Crippen LogP contribution in [0.25, 0.3) is 10.8 Å². The standard InChI is InChI=1S/C13H9IO/c1-3-10-5-4-6-11-8-12(15-14)7-9(2)13(10)11/h1,4-8H,2H3. The largest absolute Gasteiger partial charge is 0.428 e. The summed E-state index contributed by atoms with van der Waals surface area (Å²) >= 11 is 1.88. The van der Waals surface area contributed by atoms with Gasteiger partial charge in [-0.15, -0.1) is 6.42 Å². The van der Waals surface area contributed by atoms with E-state index in [1.165, 1.54) is 0 Å². The molecular formula is C13H9IO. The Morgan fingerprint density at radius 1 is 1.33 bits per heavy atom. The number of halogens is 1. The van der Waals surface area contributed by atoms with Crippen LogP contribution in [0, 0.1) is 19.3 Å². The van der Waals surface area contributed by atoms with E-state index < -0.39 is 0 Å². The zero-order chi connectivity index (χ0) is 10.8. The van der Waals surface area contributed by atoms with Gasteiger partial charge in [0.1, 0.15) is 5.75 Å². The van der Waals surface area contributed by atoms with E-state index >= 15 is 0 Å². The van der Waals surface area contributed by atoms with Crippen molar-refractivity contribution in [2.24, 2.45) is 0 Å². The fourth-order valence-corrected chi connectivity index (χ4v) is 2.03. The van der Waals surface area contributed by atoms with Gasteiger partial charge in [-0.1, -0.05) is 18.1 Å². The molecule has 0 unspecified atom stereocenters. The highest BCUT2D eigenvalue weighted by molar-refractivity contribution is 14.1. The summed E-state index contributed by atoms with van der Waals surface area (Å²) in [6.07, 6.45) is 5.47. The Hall–Kier alpha value is -1.21. The van der Waals surface area contributed by atoms with Gasteiger partial charge in [0.2, 0.25) is 0 Å². The summed E-state index contributed by atoms with van der Waals surface area (Å²) in [7, 11) is 0. The SMILES string of the molecule is C#Cc1cccc2cc(OI)cc(C)c12. The molecule has 2 aromatic rings. The molecule has 74 valence electrons. The fourth-order valence-electron chi connectivity index (χ4n) is 1.78. The second-order valence-electron chi connectivity index (χ2n) is 3.37. The smallest absolute Gasteiger partial charge is 0.192 e. The van der Waals surface area contributed by atoms with Crippen molar-refractivity contribution in [1.29, 1.82) is 0 Å². The Balaban J connectivity index is 2.86. The second-order valence-corrected chi connectivity index (χ2v) is 3.81. The Kier molecular flexibility index (Phi) is 2.83. The van der Waals surface area contributed by atoms with Crippen molar-refractivity contribution in [3.63, 3.8) is 0 Å². The van der Waals surface area contributed by atoms with Crippen LogP contribution in [-0.4, -0.2) is 0 Å². The zero-order valence-corrected chi connectivity index (χ0v) is 10.4. The minimum atomic E-state index is 0.856. The first-order chi connectivity index (χ1) is 7.26. The van der Waals surface area contributed by atoms with E-state index in [2.05, 4.69) is 5.92 Å². The van der Waals surface area contributed by atoms with Gasteiger partial charge in [0.25, 0.3) is 0 Å². The molecule has 0 radical (unpaired) electrons. The highest BCUT2D eigenvalue weighted by Crippen LogP contribution is 2.28. The van der Waals surface area contributed by atoms with Crippen molar-refractivity contribution in [3.8, 4) is 18.1 Å². The molecule has 0 aromatic heterocycles. The molecule has 1 nitrogen and oxygen atoms in total. The minimum absolute atomic E-state index is 0.856. The average molecular weight is 308 g/mol. The zero-order valence-electron chi connectivity index (χ0n) is 8.25. The van der Waals surface area contributed by atoms with E-state index in [1.54, 1.807) is 0 Å². The van der Waals surface area contributed by atoms with Gasteiger partial charge in [0.15, 0.2) is 23.0 Å². The second kappa shape index (κ2) is 4.11. The van der Waals surface area contributed by atoms with Gasteiger partial charge < -0.3 is 3.07 Å². The topological polar surface area (TPSA) is 9.23 Å². The number of terminal acetylenes is 1. The number of fused-ring (bicyclic) bond motifs is 1. The van der Waals surface area contributed by atoms with Gasteiger partial charge in [0.05, 0.1) is 0 Å². The Bertz CT molecular complexity index is 552. The molecule has 0 heterocycles. The van der Waals surface area contributed by atoms with Crippen LogP contribution in [-0.2, 0) is 0 Å². The van der Waals surface area contributed by atoms with E-state index in [0.29, 0.717) is 0 Å². The highest BCUT2D eigenvalue weighted by atomic mass is 127. The third-order valence-electron chi connectivity index (χ3n) is 2.39. The lowest BCUT2D eigenvalue weighted by atomic mass is 10.00. The van der Waals surface area contributed by atoms with Gasteiger partial charge in [-0.2, -0.15) is 0 Å². The third kappa shape index (κ3) is 1.80. The Labute approximate surface area is 103 Å². The number of hydrogen-bond donors (Lipinski definition) is 0. The fraction of sp³-hybridized carbons (Fsp3) is 0.0769.